The summed E-state index contributed by atoms with van der Waals surface area (Å²) in [6, 6.07) is 14.6. The number of carbonyl (C=O) groups excluding carboxylic acids is 1. The first-order chi connectivity index (χ1) is 10.6. The lowest BCUT2D eigenvalue weighted by molar-refractivity contribution is 0.104. The van der Waals surface area contributed by atoms with Crippen LogP contribution < -0.4 is 0 Å². The van der Waals surface area contributed by atoms with Crippen LogP contribution in [0.25, 0.3) is 17.0 Å². The molecule has 22 heavy (non-hydrogen) atoms. The van der Waals surface area contributed by atoms with Gasteiger partial charge < -0.3 is 0 Å². The fourth-order valence-electron chi connectivity index (χ4n) is 2.13. The average molecular weight is 328 g/mol. The standard InChI is InChI=1S/C18H11Cl2NO/c19-14-6-7-15(16(20)10-14)18(22)8-5-12-9-13-3-1-2-4-17(13)21-11-12/h1-11H. The van der Waals surface area contributed by atoms with E-state index in [4.69, 9.17) is 23.2 Å². The van der Waals surface area contributed by atoms with E-state index >= 15 is 0 Å². The Hall–Kier alpha value is -2.16. The molecule has 0 bridgehead atoms. The molecule has 0 radical (unpaired) electrons. The van der Waals surface area contributed by atoms with Crippen LogP contribution in [0.15, 0.2) is 60.8 Å². The SMILES string of the molecule is O=C(C=Cc1cnc2ccccc2c1)c1ccc(Cl)cc1Cl. The van der Waals surface area contributed by atoms with Crippen molar-refractivity contribution in [2.24, 2.45) is 0 Å². The van der Waals surface area contributed by atoms with Crippen molar-refractivity contribution in [1.29, 1.82) is 0 Å². The van der Waals surface area contributed by atoms with Gasteiger partial charge in [0.05, 0.1) is 10.5 Å². The Morgan fingerprint density at radius 1 is 1.05 bits per heavy atom. The minimum absolute atomic E-state index is 0.171. The minimum Gasteiger partial charge on any atom is -0.289 e. The van der Waals surface area contributed by atoms with Gasteiger partial charge in [-0.1, -0.05) is 41.4 Å². The summed E-state index contributed by atoms with van der Waals surface area (Å²) in [5, 5.41) is 1.88. The van der Waals surface area contributed by atoms with Crippen LogP contribution in [0.1, 0.15) is 15.9 Å². The van der Waals surface area contributed by atoms with Crippen molar-refractivity contribution in [3.63, 3.8) is 0 Å². The van der Waals surface area contributed by atoms with Gasteiger partial charge in [-0.15, -0.1) is 0 Å². The molecule has 0 spiro atoms. The van der Waals surface area contributed by atoms with E-state index in [2.05, 4.69) is 4.98 Å². The van der Waals surface area contributed by atoms with E-state index in [0.717, 1.165) is 16.5 Å². The Bertz CT molecular complexity index is 887. The molecule has 3 rings (SSSR count). The lowest BCUT2D eigenvalue weighted by Gasteiger charge is -2.01. The van der Waals surface area contributed by atoms with E-state index < -0.39 is 0 Å². The van der Waals surface area contributed by atoms with Crippen molar-refractivity contribution in [3.8, 4) is 0 Å². The number of hydrogen-bond donors (Lipinski definition) is 0. The number of allylic oxidation sites excluding steroid dienone is 1. The summed E-state index contributed by atoms with van der Waals surface area (Å²) in [5.41, 5.74) is 2.21. The smallest absolute Gasteiger partial charge is 0.187 e. The third-order valence-corrected chi connectivity index (χ3v) is 3.78. The van der Waals surface area contributed by atoms with Gasteiger partial charge in [0.25, 0.3) is 0 Å². The molecule has 1 aromatic heterocycles. The van der Waals surface area contributed by atoms with Crippen LogP contribution >= 0.6 is 23.2 Å². The largest absolute Gasteiger partial charge is 0.289 e. The van der Waals surface area contributed by atoms with Gasteiger partial charge in [0, 0.05) is 22.2 Å². The number of halogens is 2. The van der Waals surface area contributed by atoms with Gasteiger partial charge in [-0.3, -0.25) is 9.78 Å². The highest BCUT2D eigenvalue weighted by Crippen LogP contribution is 2.22. The van der Waals surface area contributed by atoms with Gasteiger partial charge in [-0.25, -0.2) is 0 Å². The van der Waals surface area contributed by atoms with Crippen molar-refractivity contribution in [3.05, 3.63) is 82.0 Å². The van der Waals surface area contributed by atoms with Crippen LogP contribution in [-0.4, -0.2) is 10.8 Å². The molecule has 0 N–H and O–H groups in total. The zero-order valence-corrected chi connectivity index (χ0v) is 13.0. The van der Waals surface area contributed by atoms with Crippen LogP contribution in [0.5, 0.6) is 0 Å². The number of carbonyl (C=O) groups is 1. The van der Waals surface area contributed by atoms with Crippen molar-refractivity contribution in [2.45, 2.75) is 0 Å². The summed E-state index contributed by atoms with van der Waals surface area (Å²) >= 11 is 11.9. The quantitative estimate of drug-likeness (QED) is 0.473. The highest BCUT2D eigenvalue weighted by atomic mass is 35.5. The molecule has 0 amide bonds. The second kappa shape index (κ2) is 6.30. The zero-order chi connectivity index (χ0) is 15.5. The van der Waals surface area contributed by atoms with Crippen molar-refractivity contribution in [2.75, 3.05) is 0 Å². The lowest BCUT2D eigenvalue weighted by Crippen LogP contribution is -1.95. The molecule has 108 valence electrons. The molecule has 0 atom stereocenters. The highest BCUT2D eigenvalue weighted by Gasteiger charge is 2.07. The second-order valence-electron chi connectivity index (χ2n) is 4.78. The third kappa shape index (κ3) is 3.19. The number of fused-ring (bicyclic) bond motifs is 1. The molecule has 0 saturated heterocycles. The summed E-state index contributed by atoms with van der Waals surface area (Å²) in [7, 11) is 0. The Kier molecular flexibility index (Phi) is 4.23. The number of rotatable bonds is 3. The van der Waals surface area contributed by atoms with Crippen LogP contribution in [0.4, 0.5) is 0 Å². The molecule has 1 heterocycles. The van der Waals surface area contributed by atoms with Crippen molar-refractivity contribution >= 4 is 46.0 Å². The first-order valence-corrected chi connectivity index (χ1v) is 7.41. The molecule has 0 fully saturated rings. The molecule has 0 aliphatic carbocycles. The Labute approximate surface area is 138 Å². The molecule has 2 aromatic carbocycles. The number of para-hydroxylation sites is 1. The molecule has 0 aliphatic heterocycles. The van der Waals surface area contributed by atoms with E-state index in [1.165, 1.54) is 6.08 Å². The summed E-state index contributed by atoms with van der Waals surface area (Å²) in [6.07, 6.45) is 4.95. The van der Waals surface area contributed by atoms with Crippen LogP contribution in [0, 0.1) is 0 Å². The first kappa shape index (κ1) is 14.8. The van der Waals surface area contributed by atoms with E-state index in [0.29, 0.717) is 15.6 Å². The van der Waals surface area contributed by atoms with Gasteiger partial charge in [-0.2, -0.15) is 0 Å². The Balaban J connectivity index is 1.87. The maximum atomic E-state index is 12.2. The predicted molar refractivity (Wildman–Crippen MR) is 91.6 cm³/mol. The lowest BCUT2D eigenvalue weighted by atomic mass is 10.1. The van der Waals surface area contributed by atoms with E-state index in [1.54, 1.807) is 30.5 Å². The van der Waals surface area contributed by atoms with E-state index in [9.17, 15) is 4.79 Å². The van der Waals surface area contributed by atoms with Crippen molar-refractivity contribution < 1.29 is 4.79 Å². The van der Waals surface area contributed by atoms with E-state index in [-0.39, 0.29) is 5.78 Å². The van der Waals surface area contributed by atoms with Gasteiger partial charge in [-0.05, 0) is 48.0 Å². The molecule has 0 aliphatic rings. The molecule has 0 unspecified atom stereocenters. The third-order valence-electron chi connectivity index (χ3n) is 3.24. The summed E-state index contributed by atoms with van der Waals surface area (Å²) < 4.78 is 0. The molecular formula is C18H11Cl2NO. The van der Waals surface area contributed by atoms with Crippen LogP contribution in [0.2, 0.25) is 10.0 Å². The number of nitrogens with zero attached hydrogens (tertiary/aromatic N) is 1. The van der Waals surface area contributed by atoms with Crippen LogP contribution in [0.3, 0.4) is 0 Å². The molecular weight excluding hydrogens is 317 g/mol. The molecule has 0 saturated carbocycles. The van der Waals surface area contributed by atoms with E-state index in [1.807, 2.05) is 30.3 Å². The molecule has 4 heteroatoms. The Morgan fingerprint density at radius 3 is 2.68 bits per heavy atom. The summed E-state index contributed by atoms with van der Waals surface area (Å²) in [4.78, 5) is 16.5. The topological polar surface area (TPSA) is 30.0 Å². The normalized spacial score (nSPS) is 11.2. The maximum Gasteiger partial charge on any atom is 0.187 e. The molecule has 2 nitrogen and oxygen atoms in total. The first-order valence-electron chi connectivity index (χ1n) is 6.66. The number of benzene rings is 2. The average Bonchev–Trinajstić information content (AvgIpc) is 2.52. The van der Waals surface area contributed by atoms with Crippen LogP contribution in [-0.2, 0) is 0 Å². The minimum atomic E-state index is -0.171. The fourth-order valence-corrected chi connectivity index (χ4v) is 2.63. The zero-order valence-electron chi connectivity index (χ0n) is 11.5. The fraction of sp³-hybridized carbons (Fsp3) is 0. The maximum absolute atomic E-state index is 12.2. The number of ketones is 1. The summed E-state index contributed by atoms with van der Waals surface area (Å²) in [6.45, 7) is 0. The molecule has 3 aromatic rings. The summed E-state index contributed by atoms with van der Waals surface area (Å²) in [5.74, 6) is -0.171. The van der Waals surface area contributed by atoms with Crippen molar-refractivity contribution in [1.82, 2.24) is 4.98 Å². The van der Waals surface area contributed by atoms with Gasteiger partial charge >= 0.3 is 0 Å². The second-order valence-corrected chi connectivity index (χ2v) is 5.63. The number of aromatic nitrogens is 1. The van der Waals surface area contributed by atoms with Gasteiger partial charge in [0.2, 0.25) is 0 Å². The van der Waals surface area contributed by atoms with Gasteiger partial charge in [0.1, 0.15) is 0 Å². The number of hydrogen-bond acceptors (Lipinski definition) is 2. The van der Waals surface area contributed by atoms with Gasteiger partial charge in [0.15, 0.2) is 5.78 Å². The highest BCUT2D eigenvalue weighted by molar-refractivity contribution is 6.37. The monoisotopic (exact) mass is 327 g/mol. The predicted octanol–water partition coefficient (Wildman–Crippen LogP) is 5.44. The number of pyridine rings is 1. The Morgan fingerprint density at radius 2 is 1.86 bits per heavy atom.